The average Bonchev–Trinajstić information content (AvgIpc) is 3.46. The molecule has 1 saturated heterocycles. The summed E-state index contributed by atoms with van der Waals surface area (Å²) in [4.78, 5) is 28.7. The molecule has 2 aromatic heterocycles. The molecule has 3 aromatic rings. The van der Waals surface area contributed by atoms with Gasteiger partial charge in [0.05, 0.1) is 18.0 Å². The summed E-state index contributed by atoms with van der Waals surface area (Å²) in [5, 5.41) is 2.97. The zero-order valence-corrected chi connectivity index (χ0v) is 23.1. The fourth-order valence-electron chi connectivity index (χ4n) is 4.66. The molecule has 2 aliphatic heterocycles. The lowest BCUT2D eigenvalue weighted by Crippen LogP contribution is -2.56. The summed E-state index contributed by atoms with van der Waals surface area (Å²) < 4.78 is 39.1. The van der Waals surface area contributed by atoms with Crippen LogP contribution in [0.5, 0.6) is 11.5 Å². The fraction of sp³-hybridized carbons (Fsp3) is 0.462. The van der Waals surface area contributed by atoms with Crippen molar-refractivity contribution in [3.05, 3.63) is 54.2 Å². The first-order valence-electron chi connectivity index (χ1n) is 12.9. The number of aromatic nitrogens is 4. The van der Waals surface area contributed by atoms with Crippen molar-refractivity contribution in [3.8, 4) is 17.4 Å². The second-order valence-corrected chi connectivity index (χ2v) is 12.0. The van der Waals surface area contributed by atoms with Gasteiger partial charge < -0.3 is 19.7 Å². The second kappa shape index (κ2) is 11.2. The van der Waals surface area contributed by atoms with Crippen LogP contribution >= 0.6 is 0 Å². The average molecular weight is 556 g/mol. The van der Waals surface area contributed by atoms with Crippen molar-refractivity contribution in [3.63, 3.8) is 0 Å². The highest BCUT2D eigenvalue weighted by atomic mass is 32.2. The number of nitrogens with zero attached hydrogens (tertiary/aromatic N) is 6. The zero-order valence-electron chi connectivity index (χ0n) is 22.3. The summed E-state index contributed by atoms with van der Waals surface area (Å²) >= 11 is 0. The predicted octanol–water partition coefficient (Wildman–Crippen LogP) is 1.71. The molecule has 1 atom stereocenters. The number of rotatable bonds is 8. The van der Waals surface area contributed by atoms with E-state index in [-0.39, 0.29) is 24.8 Å². The zero-order chi connectivity index (χ0) is 27.6. The molecule has 1 unspecified atom stereocenters. The van der Waals surface area contributed by atoms with Crippen molar-refractivity contribution in [1.29, 1.82) is 0 Å². The van der Waals surface area contributed by atoms with Crippen LogP contribution < -0.4 is 19.7 Å². The van der Waals surface area contributed by atoms with E-state index >= 15 is 0 Å². The lowest BCUT2D eigenvalue weighted by atomic mass is 10.1. The molecule has 5 rings (SSSR count). The maximum absolute atomic E-state index is 13.1. The van der Waals surface area contributed by atoms with Gasteiger partial charge >= 0.3 is 0 Å². The number of ether oxygens (including phenoxy) is 2. The smallest absolute Gasteiger partial charge is 0.237 e. The third-order valence-electron chi connectivity index (χ3n) is 6.77. The van der Waals surface area contributed by atoms with E-state index in [0.29, 0.717) is 56.1 Å². The normalized spacial score (nSPS) is 17.8. The lowest BCUT2D eigenvalue weighted by molar-refractivity contribution is -0.121. The first-order valence-corrected chi connectivity index (χ1v) is 14.8. The van der Waals surface area contributed by atoms with E-state index in [0.717, 1.165) is 11.3 Å². The summed E-state index contributed by atoms with van der Waals surface area (Å²) in [7, 11) is -3.43. The Balaban J connectivity index is 1.36. The number of imidazole rings is 1. The topological polar surface area (TPSA) is 132 Å². The molecule has 4 heterocycles. The van der Waals surface area contributed by atoms with Gasteiger partial charge in [0.1, 0.15) is 25.4 Å². The third kappa shape index (κ3) is 6.31. The minimum absolute atomic E-state index is 0.0952. The third-order valence-corrected chi connectivity index (χ3v) is 8.04. The Morgan fingerprint density at radius 2 is 1.92 bits per heavy atom. The predicted molar refractivity (Wildman–Crippen MR) is 145 cm³/mol. The molecule has 208 valence electrons. The maximum atomic E-state index is 13.1. The minimum Gasteiger partial charge on any atom is -0.486 e. The molecular weight excluding hydrogens is 522 g/mol. The molecule has 0 radical (unpaired) electrons. The Bertz CT molecular complexity index is 1430. The van der Waals surface area contributed by atoms with Gasteiger partial charge in [0.15, 0.2) is 11.5 Å². The first kappa shape index (κ1) is 26.9. The SMILES string of the molecule is CC(C)c1cc(N2CCN(S(C)(=O)=O)CC2CC(=O)NCc2ccc3c(c2)OCCO3)nc(-n2ccnc2)n1. The number of hydrogen-bond donors (Lipinski definition) is 1. The van der Waals surface area contributed by atoms with Crippen LogP contribution in [0.3, 0.4) is 0 Å². The Labute approximate surface area is 228 Å². The number of hydrogen-bond acceptors (Lipinski definition) is 9. The van der Waals surface area contributed by atoms with Crippen molar-refractivity contribution in [2.45, 2.75) is 38.8 Å². The highest BCUT2D eigenvalue weighted by Crippen LogP contribution is 2.31. The van der Waals surface area contributed by atoms with Crippen LogP contribution in [0.4, 0.5) is 5.82 Å². The molecular formula is C26H33N7O5S. The van der Waals surface area contributed by atoms with Gasteiger partial charge in [-0.1, -0.05) is 19.9 Å². The Kier molecular flexibility index (Phi) is 7.71. The van der Waals surface area contributed by atoms with E-state index in [1.54, 1.807) is 23.3 Å². The molecule has 0 saturated carbocycles. The van der Waals surface area contributed by atoms with Crippen LogP contribution in [0.1, 0.15) is 37.4 Å². The van der Waals surface area contributed by atoms with Gasteiger partial charge in [0.2, 0.25) is 21.9 Å². The van der Waals surface area contributed by atoms with Gasteiger partial charge in [-0.05, 0) is 23.6 Å². The molecule has 13 heteroatoms. The number of carbonyl (C=O) groups is 1. The van der Waals surface area contributed by atoms with Crippen molar-refractivity contribution >= 4 is 21.7 Å². The van der Waals surface area contributed by atoms with Crippen molar-refractivity contribution < 1.29 is 22.7 Å². The molecule has 12 nitrogen and oxygen atoms in total. The largest absolute Gasteiger partial charge is 0.486 e. The van der Waals surface area contributed by atoms with Gasteiger partial charge in [0, 0.05) is 51.1 Å². The Hall–Kier alpha value is -3.71. The van der Waals surface area contributed by atoms with Crippen molar-refractivity contribution in [2.75, 3.05) is 44.0 Å². The monoisotopic (exact) mass is 555 g/mol. The molecule has 39 heavy (non-hydrogen) atoms. The van der Waals surface area contributed by atoms with E-state index < -0.39 is 16.1 Å². The standard InChI is InChI=1S/C26H33N7O5S/c1-18(2)21-14-24(30-26(29-21)31-7-6-27-17-31)33-9-8-32(39(3,35)36)16-20(33)13-25(34)28-15-19-4-5-22-23(12-19)38-11-10-37-22/h4-7,12,14,17-18,20H,8-11,13,15-16H2,1-3H3,(H,28,34). The van der Waals surface area contributed by atoms with Gasteiger partial charge in [0.25, 0.3) is 0 Å². The number of benzene rings is 1. The van der Waals surface area contributed by atoms with Crippen LogP contribution in [-0.2, 0) is 21.4 Å². The summed E-state index contributed by atoms with van der Waals surface area (Å²) in [5.41, 5.74) is 1.73. The molecule has 1 amide bonds. The Morgan fingerprint density at radius 3 is 2.64 bits per heavy atom. The van der Waals surface area contributed by atoms with Crippen molar-refractivity contribution in [1.82, 2.24) is 29.1 Å². The molecule has 0 spiro atoms. The molecule has 1 fully saturated rings. The quantitative estimate of drug-likeness (QED) is 0.441. The van der Waals surface area contributed by atoms with Crippen LogP contribution in [0.25, 0.3) is 5.95 Å². The molecule has 2 aliphatic rings. The van der Waals surface area contributed by atoms with E-state index in [1.807, 2.05) is 43.0 Å². The molecule has 1 aromatic carbocycles. The van der Waals surface area contributed by atoms with Crippen molar-refractivity contribution in [2.24, 2.45) is 0 Å². The van der Waals surface area contributed by atoms with E-state index in [4.69, 9.17) is 14.5 Å². The number of nitrogens with one attached hydrogen (secondary N) is 1. The number of sulfonamides is 1. The van der Waals surface area contributed by atoms with E-state index in [9.17, 15) is 13.2 Å². The molecule has 0 bridgehead atoms. The number of anilines is 1. The summed E-state index contributed by atoms with van der Waals surface area (Å²) in [6.45, 7) is 6.29. The van der Waals surface area contributed by atoms with Crippen LogP contribution in [0.2, 0.25) is 0 Å². The maximum Gasteiger partial charge on any atom is 0.237 e. The number of fused-ring (bicyclic) bond motifs is 1. The number of amides is 1. The van der Waals surface area contributed by atoms with Gasteiger partial charge in [-0.25, -0.2) is 18.4 Å². The van der Waals surface area contributed by atoms with Crippen LogP contribution in [0.15, 0.2) is 43.0 Å². The van der Waals surface area contributed by atoms with Gasteiger partial charge in [-0.2, -0.15) is 9.29 Å². The number of piperazine rings is 1. The van der Waals surface area contributed by atoms with Crippen LogP contribution in [-0.4, -0.2) is 83.3 Å². The highest BCUT2D eigenvalue weighted by molar-refractivity contribution is 7.88. The van der Waals surface area contributed by atoms with Gasteiger partial charge in [-0.15, -0.1) is 0 Å². The lowest BCUT2D eigenvalue weighted by Gasteiger charge is -2.41. The number of carbonyl (C=O) groups excluding carboxylic acids is 1. The Morgan fingerprint density at radius 1 is 1.13 bits per heavy atom. The van der Waals surface area contributed by atoms with Crippen LogP contribution in [0, 0.1) is 0 Å². The summed E-state index contributed by atoms with van der Waals surface area (Å²) in [6, 6.07) is 7.08. The first-order chi connectivity index (χ1) is 18.7. The highest BCUT2D eigenvalue weighted by Gasteiger charge is 2.34. The fourth-order valence-corrected chi connectivity index (χ4v) is 5.52. The summed E-state index contributed by atoms with van der Waals surface area (Å²) in [5.74, 6) is 2.42. The second-order valence-electron chi connectivity index (χ2n) is 10.0. The van der Waals surface area contributed by atoms with E-state index in [2.05, 4.69) is 15.3 Å². The van der Waals surface area contributed by atoms with E-state index in [1.165, 1.54) is 10.6 Å². The summed E-state index contributed by atoms with van der Waals surface area (Å²) in [6.07, 6.45) is 6.35. The molecule has 1 N–H and O–H groups in total. The minimum atomic E-state index is -3.43. The van der Waals surface area contributed by atoms with Gasteiger partial charge in [-0.3, -0.25) is 9.36 Å². The molecule has 0 aliphatic carbocycles.